The molecule has 0 saturated carbocycles. The number of alkyl carbamates (subject to hydrolysis) is 1. The molecule has 1 aliphatic heterocycles. The lowest BCUT2D eigenvalue weighted by molar-refractivity contribution is 0.0501. The highest BCUT2D eigenvalue weighted by Crippen LogP contribution is 2.25. The monoisotopic (exact) mass is 433 g/mol. The molecule has 1 atom stereocenters. The number of hydrogen-bond acceptors (Lipinski definition) is 9. The van der Waals surface area contributed by atoms with Crippen molar-refractivity contribution in [3.8, 4) is 11.1 Å². The zero-order valence-electron chi connectivity index (χ0n) is 17.0. The number of aliphatic hydroxyl groups excluding tert-OH is 2. The lowest BCUT2D eigenvalue weighted by Gasteiger charge is -2.31. The quantitative estimate of drug-likeness (QED) is 0.396. The zero-order chi connectivity index (χ0) is 22.2. The van der Waals surface area contributed by atoms with Gasteiger partial charge < -0.3 is 30.0 Å². The van der Waals surface area contributed by atoms with Gasteiger partial charge in [0, 0.05) is 42.6 Å². The molecule has 166 valence electrons. The maximum Gasteiger partial charge on any atom is 0.407 e. The van der Waals surface area contributed by atoms with E-state index >= 15 is 0 Å². The third-order valence-electron chi connectivity index (χ3n) is 4.57. The molecular formula is C20H24FN5O5. The minimum atomic E-state index is -0.807. The van der Waals surface area contributed by atoms with Gasteiger partial charge in [0.25, 0.3) is 0 Å². The number of anilines is 1. The van der Waals surface area contributed by atoms with Gasteiger partial charge in [-0.05, 0) is 0 Å². The molecule has 0 spiro atoms. The van der Waals surface area contributed by atoms with E-state index in [2.05, 4.69) is 20.4 Å². The molecule has 2 aromatic rings. The highest BCUT2D eigenvalue weighted by molar-refractivity contribution is 5.98. The van der Waals surface area contributed by atoms with Gasteiger partial charge in [-0.3, -0.25) is 0 Å². The van der Waals surface area contributed by atoms with Crippen molar-refractivity contribution >= 4 is 17.8 Å². The van der Waals surface area contributed by atoms with Crippen LogP contribution in [0, 0.1) is 5.82 Å². The van der Waals surface area contributed by atoms with Crippen molar-refractivity contribution in [2.24, 2.45) is 5.16 Å². The van der Waals surface area contributed by atoms with E-state index in [0.717, 1.165) is 5.71 Å². The lowest BCUT2D eigenvalue weighted by Crippen LogP contribution is -2.48. The Bertz CT molecular complexity index is 917. The van der Waals surface area contributed by atoms with Crippen LogP contribution in [0.5, 0.6) is 0 Å². The van der Waals surface area contributed by atoms with E-state index in [-0.39, 0.29) is 25.4 Å². The van der Waals surface area contributed by atoms with Crippen LogP contribution in [0.15, 0.2) is 35.7 Å². The smallest absolute Gasteiger partial charge is 0.407 e. The topological polar surface area (TPSA) is 129 Å². The predicted octanol–water partition coefficient (Wildman–Crippen LogP) is 1.07. The number of carbonyl (C=O) groups is 1. The number of rotatable bonds is 9. The highest BCUT2D eigenvalue weighted by atomic mass is 19.1. The van der Waals surface area contributed by atoms with Gasteiger partial charge in [-0.1, -0.05) is 23.4 Å². The summed E-state index contributed by atoms with van der Waals surface area (Å²) < 4.78 is 19.7. The summed E-state index contributed by atoms with van der Waals surface area (Å²) in [5, 5.41) is 24.2. The fraction of sp³-hybridized carbons (Fsp3) is 0.400. The molecule has 1 fully saturated rings. The first-order valence-electron chi connectivity index (χ1n) is 9.67. The Hall–Kier alpha value is -3.31. The third kappa shape index (κ3) is 5.86. The minimum absolute atomic E-state index is 0.185. The van der Waals surface area contributed by atoms with Gasteiger partial charge in [0.1, 0.15) is 19.0 Å². The summed E-state index contributed by atoms with van der Waals surface area (Å²) in [7, 11) is 1.43. The molecule has 11 heteroatoms. The van der Waals surface area contributed by atoms with Crippen LogP contribution in [-0.4, -0.2) is 71.4 Å². The van der Waals surface area contributed by atoms with E-state index in [9.17, 15) is 14.3 Å². The molecule has 10 nitrogen and oxygen atoms in total. The number of amides is 1. The standard InChI is InChI=1S/C20H24FN5O5/c1-22-20(29)30-12-13-3-2-4-17(18(13)21)14-7-23-19(24-8-14)26-9-15(10-26)25-31-6-5-16(28)11-27/h2-4,7-8,16,27-28H,5-6,9-12H2,1H3,(H,22,29). The van der Waals surface area contributed by atoms with Crippen LogP contribution in [-0.2, 0) is 16.2 Å². The fourth-order valence-corrected chi connectivity index (χ4v) is 2.76. The van der Waals surface area contributed by atoms with Crippen LogP contribution in [0.3, 0.4) is 0 Å². The molecule has 2 heterocycles. The van der Waals surface area contributed by atoms with E-state index in [0.29, 0.717) is 36.6 Å². The molecule has 3 rings (SSSR count). The van der Waals surface area contributed by atoms with Crippen LogP contribution < -0.4 is 10.2 Å². The number of oxime groups is 1. The number of aromatic nitrogens is 2. The van der Waals surface area contributed by atoms with Gasteiger partial charge in [0.2, 0.25) is 5.95 Å². The molecular weight excluding hydrogens is 409 g/mol. The van der Waals surface area contributed by atoms with E-state index in [1.54, 1.807) is 18.2 Å². The Morgan fingerprint density at radius 1 is 1.35 bits per heavy atom. The van der Waals surface area contributed by atoms with Gasteiger partial charge in [-0.15, -0.1) is 0 Å². The Morgan fingerprint density at radius 2 is 2.10 bits per heavy atom. The number of hydrogen-bond donors (Lipinski definition) is 3. The Balaban J connectivity index is 1.56. The Morgan fingerprint density at radius 3 is 2.77 bits per heavy atom. The Kier molecular flexibility index (Phi) is 7.68. The number of halogens is 1. The number of nitrogens with one attached hydrogen (secondary N) is 1. The molecule has 0 aliphatic carbocycles. The highest BCUT2D eigenvalue weighted by Gasteiger charge is 2.25. The first kappa shape index (κ1) is 22.4. The predicted molar refractivity (Wildman–Crippen MR) is 110 cm³/mol. The summed E-state index contributed by atoms with van der Waals surface area (Å²) in [6.07, 6.45) is 1.93. The van der Waals surface area contributed by atoms with E-state index in [1.165, 1.54) is 19.4 Å². The summed E-state index contributed by atoms with van der Waals surface area (Å²) in [6.45, 7) is 0.731. The lowest BCUT2D eigenvalue weighted by atomic mass is 10.1. The van der Waals surface area contributed by atoms with Crippen LogP contribution >= 0.6 is 0 Å². The normalized spacial score (nSPS) is 13.9. The maximum absolute atomic E-state index is 14.8. The van der Waals surface area contributed by atoms with Crippen molar-refractivity contribution in [2.45, 2.75) is 19.1 Å². The number of benzene rings is 1. The van der Waals surface area contributed by atoms with E-state index < -0.39 is 18.0 Å². The van der Waals surface area contributed by atoms with Gasteiger partial charge in [0.05, 0.1) is 31.5 Å². The van der Waals surface area contributed by atoms with Gasteiger partial charge in [0.15, 0.2) is 0 Å². The summed E-state index contributed by atoms with van der Waals surface area (Å²) in [4.78, 5) is 26.8. The van der Waals surface area contributed by atoms with Crippen molar-refractivity contribution in [3.05, 3.63) is 42.0 Å². The van der Waals surface area contributed by atoms with Crippen molar-refractivity contribution in [3.63, 3.8) is 0 Å². The SMILES string of the molecule is CNC(=O)OCc1cccc(-c2cnc(N3CC(=NOCCC(O)CO)C3)nc2)c1F. The largest absolute Gasteiger partial charge is 0.445 e. The summed E-state index contributed by atoms with van der Waals surface area (Å²) in [5.74, 6) is -0.0116. The second kappa shape index (κ2) is 10.6. The zero-order valence-corrected chi connectivity index (χ0v) is 17.0. The van der Waals surface area contributed by atoms with Crippen LogP contribution in [0.1, 0.15) is 12.0 Å². The molecule has 1 saturated heterocycles. The second-order valence-corrected chi connectivity index (χ2v) is 6.85. The van der Waals surface area contributed by atoms with Crippen molar-refractivity contribution < 1.29 is 29.0 Å². The first-order chi connectivity index (χ1) is 15.0. The molecule has 31 heavy (non-hydrogen) atoms. The molecule has 0 bridgehead atoms. The van der Waals surface area contributed by atoms with Crippen LogP contribution in [0.2, 0.25) is 0 Å². The first-order valence-corrected chi connectivity index (χ1v) is 9.67. The average Bonchev–Trinajstić information content (AvgIpc) is 2.76. The summed E-state index contributed by atoms with van der Waals surface area (Å²) in [5.41, 5.74) is 1.87. The minimum Gasteiger partial charge on any atom is -0.445 e. The van der Waals surface area contributed by atoms with Crippen molar-refractivity contribution in [1.82, 2.24) is 15.3 Å². The van der Waals surface area contributed by atoms with Gasteiger partial charge in [-0.2, -0.15) is 0 Å². The average molecular weight is 433 g/mol. The van der Waals surface area contributed by atoms with Crippen molar-refractivity contribution in [2.75, 3.05) is 38.3 Å². The number of aliphatic hydroxyl groups is 2. The molecule has 1 aliphatic rings. The van der Waals surface area contributed by atoms with Crippen molar-refractivity contribution in [1.29, 1.82) is 0 Å². The van der Waals surface area contributed by atoms with E-state index in [1.807, 2.05) is 4.90 Å². The number of ether oxygens (including phenoxy) is 1. The second-order valence-electron chi connectivity index (χ2n) is 6.85. The van der Waals surface area contributed by atoms with Gasteiger partial charge >= 0.3 is 6.09 Å². The van der Waals surface area contributed by atoms with Gasteiger partial charge in [-0.25, -0.2) is 19.2 Å². The molecule has 0 radical (unpaired) electrons. The summed E-state index contributed by atoms with van der Waals surface area (Å²) in [6, 6.07) is 4.83. The molecule has 1 aromatic carbocycles. The van der Waals surface area contributed by atoms with E-state index in [4.69, 9.17) is 14.7 Å². The third-order valence-corrected chi connectivity index (χ3v) is 4.57. The summed E-state index contributed by atoms with van der Waals surface area (Å²) >= 11 is 0. The molecule has 1 unspecified atom stereocenters. The molecule has 1 aromatic heterocycles. The van der Waals surface area contributed by atoms with Crippen LogP contribution in [0.4, 0.5) is 15.1 Å². The van der Waals surface area contributed by atoms with Crippen LogP contribution in [0.25, 0.3) is 11.1 Å². The fourth-order valence-electron chi connectivity index (χ4n) is 2.76. The number of carbonyl (C=O) groups excluding carboxylic acids is 1. The molecule has 1 amide bonds. The molecule has 3 N–H and O–H groups in total. The number of nitrogens with zero attached hydrogens (tertiary/aromatic N) is 4. The maximum atomic E-state index is 14.8. The Labute approximate surface area is 178 Å².